The minimum atomic E-state index is -0.693. The van der Waals surface area contributed by atoms with Crippen LogP contribution in [0.15, 0.2) is 78.9 Å². The van der Waals surface area contributed by atoms with Gasteiger partial charge in [-0.3, -0.25) is 14.4 Å². The van der Waals surface area contributed by atoms with E-state index in [0.29, 0.717) is 29.9 Å². The molecule has 2 aliphatic heterocycles. The molecule has 1 saturated heterocycles. The number of rotatable bonds is 2. The predicted molar refractivity (Wildman–Crippen MR) is 122 cm³/mol. The SMILES string of the molecule is CN1C(=O)[C@@H]2CN(C(=O)c3ccc(-c4ccccc4)cc3)CCN2C(=O)c2ccccc21. The second-order valence-corrected chi connectivity index (χ2v) is 8.12. The minimum absolute atomic E-state index is 0.131. The highest BCUT2D eigenvalue weighted by molar-refractivity contribution is 6.11. The summed E-state index contributed by atoms with van der Waals surface area (Å²) in [6.07, 6.45) is 0. The third-order valence-electron chi connectivity index (χ3n) is 6.28. The van der Waals surface area contributed by atoms with Crippen molar-refractivity contribution in [3.05, 3.63) is 90.0 Å². The van der Waals surface area contributed by atoms with E-state index in [2.05, 4.69) is 0 Å². The van der Waals surface area contributed by atoms with Crippen molar-refractivity contribution in [3.63, 3.8) is 0 Å². The maximum atomic E-state index is 13.2. The Kier molecular flexibility index (Phi) is 4.98. The third kappa shape index (κ3) is 3.34. The highest BCUT2D eigenvalue weighted by Gasteiger charge is 2.42. The highest BCUT2D eigenvalue weighted by atomic mass is 16.2. The van der Waals surface area contributed by atoms with E-state index in [1.165, 1.54) is 4.90 Å². The first-order chi connectivity index (χ1) is 15.5. The summed E-state index contributed by atoms with van der Waals surface area (Å²) in [7, 11) is 1.68. The fourth-order valence-electron chi connectivity index (χ4n) is 4.48. The van der Waals surface area contributed by atoms with Crippen molar-refractivity contribution in [2.75, 3.05) is 31.6 Å². The molecule has 0 N–H and O–H groups in total. The maximum Gasteiger partial charge on any atom is 0.256 e. The topological polar surface area (TPSA) is 60.9 Å². The average molecular weight is 425 g/mol. The van der Waals surface area contributed by atoms with Crippen molar-refractivity contribution >= 4 is 23.4 Å². The Morgan fingerprint density at radius 1 is 0.812 bits per heavy atom. The Morgan fingerprint density at radius 2 is 1.47 bits per heavy atom. The standard InChI is InChI=1S/C26H23N3O3/c1-27-22-10-6-5-9-21(22)25(31)29-16-15-28(17-23(29)26(27)32)24(30)20-13-11-19(12-14-20)18-7-3-2-4-8-18/h2-14,23H,15-17H2,1H3/t23-/m0/s1. The van der Waals surface area contributed by atoms with Crippen LogP contribution in [0.1, 0.15) is 20.7 Å². The molecule has 0 aliphatic carbocycles. The van der Waals surface area contributed by atoms with E-state index < -0.39 is 6.04 Å². The second-order valence-electron chi connectivity index (χ2n) is 8.12. The molecular formula is C26H23N3O3. The quantitative estimate of drug-likeness (QED) is 0.633. The number of nitrogens with zero attached hydrogens (tertiary/aromatic N) is 3. The number of carbonyl (C=O) groups is 3. The van der Waals surface area contributed by atoms with E-state index in [9.17, 15) is 14.4 Å². The molecular weight excluding hydrogens is 402 g/mol. The molecule has 0 aromatic heterocycles. The lowest BCUT2D eigenvalue weighted by Gasteiger charge is -2.40. The molecule has 6 nitrogen and oxygen atoms in total. The highest BCUT2D eigenvalue weighted by Crippen LogP contribution is 2.29. The lowest BCUT2D eigenvalue weighted by molar-refractivity contribution is -0.124. The number of benzene rings is 3. The summed E-state index contributed by atoms with van der Waals surface area (Å²) in [5.41, 5.74) is 3.82. The van der Waals surface area contributed by atoms with E-state index in [-0.39, 0.29) is 24.3 Å². The lowest BCUT2D eigenvalue weighted by Crippen LogP contribution is -2.60. The molecule has 6 heteroatoms. The number of hydrogen-bond donors (Lipinski definition) is 0. The second kappa shape index (κ2) is 7.96. The number of hydrogen-bond acceptors (Lipinski definition) is 3. The molecule has 5 rings (SSSR count). The van der Waals surface area contributed by atoms with Crippen LogP contribution in [0.2, 0.25) is 0 Å². The van der Waals surface area contributed by atoms with Gasteiger partial charge in [0.25, 0.3) is 17.7 Å². The molecule has 32 heavy (non-hydrogen) atoms. The van der Waals surface area contributed by atoms with Gasteiger partial charge in [0.2, 0.25) is 0 Å². The van der Waals surface area contributed by atoms with Gasteiger partial charge in [0.1, 0.15) is 6.04 Å². The van der Waals surface area contributed by atoms with Gasteiger partial charge in [-0.05, 0) is 35.4 Å². The van der Waals surface area contributed by atoms with E-state index in [4.69, 9.17) is 0 Å². The number of anilines is 1. The monoisotopic (exact) mass is 425 g/mol. The van der Waals surface area contributed by atoms with Crippen molar-refractivity contribution in [1.29, 1.82) is 0 Å². The van der Waals surface area contributed by atoms with Crippen LogP contribution in [0, 0.1) is 0 Å². The fourth-order valence-corrected chi connectivity index (χ4v) is 4.48. The van der Waals surface area contributed by atoms with Crippen molar-refractivity contribution in [3.8, 4) is 11.1 Å². The fraction of sp³-hybridized carbons (Fsp3) is 0.192. The zero-order valence-electron chi connectivity index (χ0n) is 17.8. The molecule has 1 fully saturated rings. The Balaban J connectivity index is 1.37. The molecule has 0 radical (unpaired) electrons. The molecule has 2 aliphatic rings. The number of carbonyl (C=O) groups excluding carboxylic acids is 3. The summed E-state index contributed by atoms with van der Waals surface area (Å²) in [6.45, 7) is 0.897. The van der Waals surface area contributed by atoms with Gasteiger partial charge in [0, 0.05) is 25.7 Å². The summed E-state index contributed by atoms with van der Waals surface area (Å²) in [5, 5.41) is 0. The van der Waals surface area contributed by atoms with Gasteiger partial charge < -0.3 is 14.7 Å². The zero-order valence-corrected chi connectivity index (χ0v) is 17.8. The number of likely N-dealkylation sites (N-methyl/N-ethyl adjacent to an activating group) is 1. The van der Waals surface area contributed by atoms with Crippen LogP contribution < -0.4 is 4.90 Å². The molecule has 2 heterocycles. The Bertz CT molecular complexity index is 1190. The van der Waals surface area contributed by atoms with E-state index in [0.717, 1.165) is 11.1 Å². The van der Waals surface area contributed by atoms with Gasteiger partial charge in [-0.1, -0.05) is 54.6 Å². The van der Waals surface area contributed by atoms with Crippen LogP contribution in [-0.2, 0) is 4.79 Å². The first kappa shape index (κ1) is 20.0. The summed E-state index contributed by atoms with van der Waals surface area (Å²) in [5.74, 6) is -0.475. The van der Waals surface area contributed by atoms with Crippen LogP contribution in [0.25, 0.3) is 11.1 Å². The lowest BCUT2D eigenvalue weighted by atomic mass is 10.0. The summed E-state index contributed by atoms with van der Waals surface area (Å²) >= 11 is 0. The Hall–Kier alpha value is -3.93. The van der Waals surface area contributed by atoms with Gasteiger partial charge >= 0.3 is 0 Å². The summed E-state index contributed by atoms with van der Waals surface area (Å²) in [6, 6.07) is 23.9. The molecule has 3 aromatic carbocycles. The van der Waals surface area contributed by atoms with E-state index >= 15 is 0 Å². The van der Waals surface area contributed by atoms with Crippen molar-refractivity contribution in [2.24, 2.45) is 0 Å². The van der Waals surface area contributed by atoms with E-state index in [1.54, 1.807) is 35.0 Å². The maximum absolute atomic E-state index is 13.2. The normalized spacial score (nSPS) is 18.2. The average Bonchev–Trinajstić information content (AvgIpc) is 2.94. The van der Waals surface area contributed by atoms with Crippen molar-refractivity contribution in [1.82, 2.24) is 9.80 Å². The molecule has 0 spiro atoms. The smallest absolute Gasteiger partial charge is 0.256 e. The summed E-state index contributed by atoms with van der Waals surface area (Å²) < 4.78 is 0. The van der Waals surface area contributed by atoms with Gasteiger partial charge in [-0.15, -0.1) is 0 Å². The molecule has 1 atom stereocenters. The molecule has 160 valence electrons. The van der Waals surface area contributed by atoms with Crippen LogP contribution in [0.4, 0.5) is 5.69 Å². The first-order valence-corrected chi connectivity index (χ1v) is 10.7. The number of para-hydroxylation sites is 1. The largest absolute Gasteiger partial charge is 0.334 e. The molecule has 3 aromatic rings. The zero-order chi connectivity index (χ0) is 22.2. The Morgan fingerprint density at radius 3 is 2.22 bits per heavy atom. The number of amides is 3. The van der Waals surface area contributed by atoms with E-state index in [1.807, 2.05) is 60.7 Å². The number of piperazine rings is 1. The van der Waals surface area contributed by atoms with Crippen LogP contribution in [0.3, 0.4) is 0 Å². The van der Waals surface area contributed by atoms with Crippen LogP contribution in [-0.4, -0.2) is 60.2 Å². The molecule has 0 saturated carbocycles. The van der Waals surface area contributed by atoms with Crippen LogP contribution >= 0.6 is 0 Å². The van der Waals surface area contributed by atoms with Gasteiger partial charge in [-0.2, -0.15) is 0 Å². The molecule has 0 unspecified atom stereocenters. The van der Waals surface area contributed by atoms with Crippen molar-refractivity contribution < 1.29 is 14.4 Å². The number of fused-ring (bicyclic) bond motifs is 2. The predicted octanol–water partition coefficient (Wildman–Crippen LogP) is 3.30. The molecule has 3 amide bonds. The van der Waals surface area contributed by atoms with Gasteiger partial charge in [0.05, 0.1) is 17.8 Å². The Labute approximate surface area is 186 Å². The van der Waals surface area contributed by atoms with Gasteiger partial charge in [-0.25, -0.2) is 0 Å². The summed E-state index contributed by atoms with van der Waals surface area (Å²) in [4.78, 5) is 44.3. The van der Waals surface area contributed by atoms with Crippen LogP contribution in [0.5, 0.6) is 0 Å². The first-order valence-electron chi connectivity index (χ1n) is 10.7. The molecule has 0 bridgehead atoms. The van der Waals surface area contributed by atoms with Gasteiger partial charge in [0.15, 0.2) is 0 Å². The van der Waals surface area contributed by atoms with Crippen molar-refractivity contribution in [2.45, 2.75) is 6.04 Å². The minimum Gasteiger partial charge on any atom is -0.334 e. The third-order valence-corrected chi connectivity index (χ3v) is 6.28.